The molecule has 0 aromatic heterocycles. The number of halogens is 1. The van der Waals surface area contributed by atoms with Crippen LogP contribution >= 0.6 is 23.4 Å². The Bertz CT molecular complexity index is 596. The molecule has 0 aliphatic heterocycles. The molecule has 0 unspecified atom stereocenters. The van der Waals surface area contributed by atoms with Gasteiger partial charge in [-0.3, -0.25) is 5.41 Å². The average Bonchev–Trinajstić information content (AvgIpc) is 2.31. The molecular weight excluding hydrogens is 264 g/mol. The predicted molar refractivity (Wildman–Crippen MR) is 77.8 cm³/mol. The van der Waals surface area contributed by atoms with Crippen LogP contribution in [-0.2, 0) is 0 Å². The van der Waals surface area contributed by atoms with Crippen molar-refractivity contribution < 1.29 is 0 Å². The van der Waals surface area contributed by atoms with Crippen molar-refractivity contribution in [1.82, 2.24) is 0 Å². The third-order valence-electron chi connectivity index (χ3n) is 2.52. The van der Waals surface area contributed by atoms with E-state index in [-0.39, 0.29) is 5.84 Å². The van der Waals surface area contributed by atoms with Gasteiger partial charge in [-0.2, -0.15) is 0 Å². The second-order valence-corrected chi connectivity index (χ2v) is 5.44. The van der Waals surface area contributed by atoms with E-state index in [9.17, 15) is 0 Å². The van der Waals surface area contributed by atoms with E-state index in [0.29, 0.717) is 5.02 Å². The molecular formula is C14H13ClN2S. The van der Waals surface area contributed by atoms with Crippen LogP contribution in [0.3, 0.4) is 0 Å². The highest BCUT2D eigenvalue weighted by atomic mass is 35.5. The summed E-state index contributed by atoms with van der Waals surface area (Å²) in [7, 11) is 0. The number of hydrogen-bond acceptors (Lipinski definition) is 2. The van der Waals surface area contributed by atoms with Crippen molar-refractivity contribution in [2.45, 2.75) is 16.7 Å². The summed E-state index contributed by atoms with van der Waals surface area (Å²) in [5.41, 5.74) is 7.48. The maximum absolute atomic E-state index is 7.62. The number of aryl methyl sites for hydroxylation is 1. The van der Waals surface area contributed by atoms with Gasteiger partial charge in [-0.1, -0.05) is 47.6 Å². The van der Waals surface area contributed by atoms with Crippen molar-refractivity contribution in [2.75, 3.05) is 0 Å². The molecule has 0 saturated carbocycles. The SMILES string of the molecule is Cc1cccc(C(=N)N)c1Sc1cccc(Cl)c1. The van der Waals surface area contributed by atoms with Gasteiger partial charge >= 0.3 is 0 Å². The van der Waals surface area contributed by atoms with Gasteiger partial charge in [0.25, 0.3) is 0 Å². The minimum Gasteiger partial charge on any atom is -0.384 e. The molecule has 2 aromatic rings. The highest BCUT2D eigenvalue weighted by Gasteiger charge is 2.09. The van der Waals surface area contributed by atoms with Crippen molar-refractivity contribution >= 4 is 29.2 Å². The number of nitrogens with two attached hydrogens (primary N) is 1. The summed E-state index contributed by atoms with van der Waals surface area (Å²) >= 11 is 7.55. The van der Waals surface area contributed by atoms with Gasteiger partial charge < -0.3 is 5.73 Å². The fourth-order valence-electron chi connectivity index (χ4n) is 1.65. The summed E-state index contributed by atoms with van der Waals surface area (Å²) < 4.78 is 0. The van der Waals surface area contributed by atoms with Crippen molar-refractivity contribution in [2.24, 2.45) is 5.73 Å². The molecule has 3 N–H and O–H groups in total. The second-order valence-electron chi connectivity index (χ2n) is 3.92. The first-order valence-electron chi connectivity index (χ1n) is 5.45. The lowest BCUT2D eigenvalue weighted by molar-refractivity contribution is 1.25. The predicted octanol–water partition coefficient (Wildman–Crippen LogP) is 4.08. The lowest BCUT2D eigenvalue weighted by Gasteiger charge is -2.11. The lowest BCUT2D eigenvalue weighted by atomic mass is 10.1. The van der Waals surface area contributed by atoms with E-state index in [1.807, 2.05) is 49.4 Å². The Labute approximate surface area is 116 Å². The maximum Gasteiger partial charge on any atom is 0.123 e. The van der Waals surface area contributed by atoms with Gasteiger partial charge in [0.15, 0.2) is 0 Å². The standard InChI is InChI=1S/C14H13ClN2S/c1-9-4-2-7-12(14(16)17)13(9)18-11-6-3-5-10(15)8-11/h2-8H,1H3,(H3,16,17). The number of benzene rings is 2. The first-order valence-corrected chi connectivity index (χ1v) is 6.65. The van der Waals surface area contributed by atoms with Crippen molar-refractivity contribution in [3.05, 3.63) is 58.6 Å². The molecule has 2 aromatic carbocycles. The van der Waals surface area contributed by atoms with Gasteiger partial charge in [0.05, 0.1) is 0 Å². The molecule has 0 fully saturated rings. The summed E-state index contributed by atoms with van der Waals surface area (Å²) in [4.78, 5) is 2.05. The largest absolute Gasteiger partial charge is 0.384 e. The molecule has 0 radical (unpaired) electrons. The summed E-state index contributed by atoms with van der Waals surface area (Å²) in [5.74, 6) is 0.0863. The van der Waals surface area contributed by atoms with Gasteiger partial charge in [0, 0.05) is 20.4 Å². The van der Waals surface area contributed by atoms with Crippen LogP contribution in [0.2, 0.25) is 5.02 Å². The molecule has 0 spiro atoms. The van der Waals surface area contributed by atoms with Gasteiger partial charge in [-0.15, -0.1) is 0 Å². The Balaban J connectivity index is 2.42. The second kappa shape index (κ2) is 5.46. The molecule has 0 aliphatic carbocycles. The maximum atomic E-state index is 7.62. The topological polar surface area (TPSA) is 49.9 Å². The smallest absolute Gasteiger partial charge is 0.123 e. The van der Waals surface area contributed by atoms with Crippen LogP contribution in [0.4, 0.5) is 0 Å². The lowest BCUT2D eigenvalue weighted by Crippen LogP contribution is -2.12. The third kappa shape index (κ3) is 2.86. The zero-order valence-electron chi connectivity index (χ0n) is 9.91. The molecule has 0 atom stereocenters. The van der Waals surface area contributed by atoms with E-state index in [2.05, 4.69) is 0 Å². The zero-order valence-corrected chi connectivity index (χ0v) is 11.5. The van der Waals surface area contributed by atoms with Crippen LogP contribution in [0, 0.1) is 12.3 Å². The van der Waals surface area contributed by atoms with Crippen LogP contribution < -0.4 is 5.73 Å². The van der Waals surface area contributed by atoms with Crippen LogP contribution in [0.5, 0.6) is 0 Å². The molecule has 2 nitrogen and oxygen atoms in total. The first kappa shape index (κ1) is 13.0. The van der Waals surface area contributed by atoms with Gasteiger partial charge in [0.2, 0.25) is 0 Å². The molecule has 0 amide bonds. The number of nitrogens with one attached hydrogen (secondary N) is 1. The molecule has 0 aliphatic rings. The highest BCUT2D eigenvalue weighted by molar-refractivity contribution is 7.99. The Morgan fingerprint density at radius 1 is 1.22 bits per heavy atom. The molecule has 18 heavy (non-hydrogen) atoms. The minimum absolute atomic E-state index is 0.0863. The van der Waals surface area contributed by atoms with E-state index in [0.717, 1.165) is 20.9 Å². The van der Waals surface area contributed by atoms with Crippen LogP contribution in [0.15, 0.2) is 52.3 Å². The number of amidine groups is 1. The number of rotatable bonds is 3. The Morgan fingerprint density at radius 3 is 2.61 bits per heavy atom. The fraction of sp³-hybridized carbons (Fsp3) is 0.0714. The van der Waals surface area contributed by atoms with Crippen molar-refractivity contribution in [3.8, 4) is 0 Å². The molecule has 0 bridgehead atoms. The molecule has 2 rings (SSSR count). The quantitative estimate of drug-likeness (QED) is 0.655. The molecule has 92 valence electrons. The third-order valence-corrected chi connectivity index (χ3v) is 3.99. The van der Waals surface area contributed by atoms with Gasteiger partial charge in [0.1, 0.15) is 5.84 Å². The monoisotopic (exact) mass is 276 g/mol. The van der Waals surface area contributed by atoms with E-state index < -0.39 is 0 Å². The number of nitrogen functional groups attached to an aromatic ring is 1. The van der Waals surface area contributed by atoms with Crippen LogP contribution in [0.25, 0.3) is 0 Å². The Kier molecular flexibility index (Phi) is 3.94. The molecule has 0 heterocycles. The van der Waals surface area contributed by atoms with Crippen molar-refractivity contribution in [3.63, 3.8) is 0 Å². The minimum atomic E-state index is 0.0863. The highest BCUT2D eigenvalue weighted by Crippen LogP contribution is 2.34. The summed E-state index contributed by atoms with van der Waals surface area (Å²) in [6.45, 7) is 2.01. The van der Waals surface area contributed by atoms with E-state index >= 15 is 0 Å². The Hall–Kier alpha value is -1.45. The normalized spacial score (nSPS) is 10.3. The summed E-state index contributed by atoms with van der Waals surface area (Å²) in [6.07, 6.45) is 0. The average molecular weight is 277 g/mol. The first-order chi connectivity index (χ1) is 8.58. The fourth-order valence-corrected chi connectivity index (χ4v) is 2.99. The van der Waals surface area contributed by atoms with Crippen LogP contribution in [0.1, 0.15) is 11.1 Å². The molecule has 0 saturated heterocycles. The molecule has 4 heteroatoms. The van der Waals surface area contributed by atoms with Gasteiger partial charge in [-0.05, 0) is 30.7 Å². The zero-order chi connectivity index (χ0) is 13.1. The van der Waals surface area contributed by atoms with Gasteiger partial charge in [-0.25, -0.2) is 0 Å². The van der Waals surface area contributed by atoms with E-state index in [4.69, 9.17) is 22.7 Å². The van der Waals surface area contributed by atoms with Crippen molar-refractivity contribution in [1.29, 1.82) is 5.41 Å². The van der Waals surface area contributed by atoms with Crippen LogP contribution in [-0.4, -0.2) is 5.84 Å². The summed E-state index contributed by atoms with van der Waals surface area (Å²) in [5, 5.41) is 8.33. The Morgan fingerprint density at radius 2 is 1.94 bits per heavy atom. The van der Waals surface area contributed by atoms with E-state index in [1.165, 1.54) is 0 Å². The van der Waals surface area contributed by atoms with E-state index in [1.54, 1.807) is 11.8 Å². The summed E-state index contributed by atoms with van der Waals surface area (Å²) in [6, 6.07) is 13.4. The number of hydrogen-bond donors (Lipinski definition) is 2.